The van der Waals surface area contributed by atoms with Crippen molar-refractivity contribution >= 4 is 16.7 Å². The number of nitrogens with zero attached hydrogens (tertiary/aromatic N) is 3. The molecule has 0 unspecified atom stereocenters. The van der Waals surface area contributed by atoms with Crippen LogP contribution in [0.1, 0.15) is 34.4 Å². The fourth-order valence-electron chi connectivity index (χ4n) is 3.43. The Kier molecular flexibility index (Phi) is 3.65. The molecule has 2 aromatic heterocycles. The third kappa shape index (κ3) is 2.51. The van der Waals surface area contributed by atoms with E-state index in [2.05, 4.69) is 19.9 Å². The normalized spacial score (nSPS) is 16.1. The number of carbonyl (C=O) groups is 1. The summed E-state index contributed by atoms with van der Waals surface area (Å²) >= 11 is 0. The molecule has 1 aliphatic rings. The molecular weight excluding hydrogens is 300 g/mol. The Balaban J connectivity index is 1.59. The van der Waals surface area contributed by atoms with Crippen LogP contribution < -0.4 is 0 Å². The van der Waals surface area contributed by atoms with Gasteiger partial charge in [0.1, 0.15) is 5.82 Å². The van der Waals surface area contributed by atoms with Crippen molar-refractivity contribution in [2.75, 3.05) is 6.54 Å². The lowest BCUT2D eigenvalue weighted by Gasteiger charge is -2.32. The van der Waals surface area contributed by atoms with E-state index < -0.39 is 0 Å². The maximum absolute atomic E-state index is 13.0. The van der Waals surface area contributed by atoms with Gasteiger partial charge in [0.25, 0.3) is 0 Å². The number of para-hydroxylation sites is 1. The molecule has 3 heterocycles. The van der Waals surface area contributed by atoms with Crippen LogP contribution in [0.25, 0.3) is 10.9 Å². The number of hydrogen-bond acceptors (Lipinski definition) is 4. The maximum atomic E-state index is 13.0. The Morgan fingerprint density at radius 1 is 1.33 bits per heavy atom. The van der Waals surface area contributed by atoms with Gasteiger partial charge in [0.2, 0.25) is 0 Å². The minimum absolute atomic E-state index is 0.156. The van der Waals surface area contributed by atoms with E-state index in [1.165, 1.54) is 0 Å². The van der Waals surface area contributed by atoms with Gasteiger partial charge in [0.15, 0.2) is 5.78 Å². The van der Waals surface area contributed by atoms with E-state index >= 15 is 0 Å². The van der Waals surface area contributed by atoms with Crippen LogP contribution in [-0.2, 0) is 13.0 Å². The van der Waals surface area contributed by atoms with Gasteiger partial charge in [0.05, 0.1) is 6.04 Å². The number of aromatic amines is 1. The molecule has 0 aliphatic carbocycles. The van der Waals surface area contributed by atoms with Gasteiger partial charge in [-0.2, -0.15) is 0 Å². The molecule has 0 bridgehead atoms. The van der Waals surface area contributed by atoms with Gasteiger partial charge in [-0.25, -0.2) is 9.97 Å². The lowest BCUT2D eigenvalue weighted by molar-refractivity contribution is 0.0820. The van der Waals surface area contributed by atoms with Gasteiger partial charge in [0, 0.05) is 59.6 Å². The van der Waals surface area contributed by atoms with E-state index in [9.17, 15) is 4.79 Å². The number of ketones is 1. The maximum Gasteiger partial charge on any atom is 0.181 e. The lowest BCUT2D eigenvalue weighted by atomic mass is 10.00. The molecular formula is C19H20N4O. The molecule has 0 spiro atoms. The number of hydrogen-bond donors (Lipinski definition) is 1. The minimum atomic E-state index is -0.168. The number of Topliss-reactive ketones (excluding diaryl/α,β-unsaturated/α-hetero) is 1. The SMILES string of the molecule is Cc1ncc2c(n1)CCN([C@@H](C)C(=O)c1c[nH]c3ccccc13)C2. The van der Waals surface area contributed by atoms with Crippen LogP contribution >= 0.6 is 0 Å². The monoisotopic (exact) mass is 320 g/mol. The number of rotatable bonds is 3. The molecule has 3 aromatic rings. The highest BCUT2D eigenvalue weighted by atomic mass is 16.1. The van der Waals surface area contributed by atoms with Gasteiger partial charge in [-0.15, -0.1) is 0 Å². The van der Waals surface area contributed by atoms with Crippen LogP contribution in [0, 0.1) is 6.92 Å². The zero-order valence-corrected chi connectivity index (χ0v) is 13.9. The standard InChI is InChI=1S/C19H20N4O/c1-12(19(24)16-10-21-18-6-4-3-5-15(16)18)23-8-7-17-14(11-23)9-20-13(2)22-17/h3-6,9-10,12,21H,7-8,11H2,1-2H3/t12-/m0/s1. The molecule has 0 amide bonds. The third-order valence-electron chi connectivity index (χ3n) is 4.87. The van der Waals surface area contributed by atoms with E-state index in [-0.39, 0.29) is 11.8 Å². The summed E-state index contributed by atoms with van der Waals surface area (Å²) in [6.07, 6.45) is 4.59. The van der Waals surface area contributed by atoms with E-state index in [1.54, 1.807) is 0 Å². The van der Waals surface area contributed by atoms with Crippen molar-refractivity contribution in [2.24, 2.45) is 0 Å². The van der Waals surface area contributed by atoms with Gasteiger partial charge in [-0.1, -0.05) is 18.2 Å². The van der Waals surface area contributed by atoms with Crippen molar-refractivity contribution in [3.05, 3.63) is 59.3 Å². The highest BCUT2D eigenvalue weighted by molar-refractivity contribution is 6.10. The molecule has 4 rings (SSSR count). The first-order chi connectivity index (χ1) is 11.6. The van der Waals surface area contributed by atoms with Crippen molar-refractivity contribution in [1.29, 1.82) is 0 Å². The van der Waals surface area contributed by atoms with E-state index in [0.29, 0.717) is 0 Å². The molecule has 5 nitrogen and oxygen atoms in total. The minimum Gasteiger partial charge on any atom is -0.360 e. The summed E-state index contributed by atoms with van der Waals surface area (Å²) < 4.78 is 0. The molecule has 122 valence electrons. The second-order valence-electron chi connectivity index (χ2n) is 6.40. The Labute approximate surface area is 140 Å². The number of benzene rings is 1. The predicted octanol–water partition coefficient (Wildman–Crippen LogP) is 2.90. The molecule has 1 atom stereocenters. The average Bonchev–Trinajstić information content (AvgIpc) is 3.04. The molecule has 5 heteroatoms. The summed E-state index contributed by atoms with van der Waals surface area (Å²) in [5, 5.41) is 0.991. The number of nitrogens with one attached hydrogen (secondary N) is 1. The molecule has 1 aliphatic heterocycles. The fourth-order valence-corrected chi connectivity index (χ4v) is 3.43. The van der Waals surface area contributed by atoms with Crippen LogP contribution in [0.2, 0.25) is 0 Å². The first kappa shape index (κ1) is 15.0. The number of fused-ring (bicyclic) bond motifs is 2. The molecule has 0 saturated carbocycles. The summed E-state index contributed by atoms with van der Waals surface area (Å²) in [4.78, 5) is 27.2. The Morgan fingerprint density at radius 2 is 2.17 bits per heavy atom. The zero-order chi connectivity index (χ0) is 16.7. The van der Waals surface area contributed by atoms with Crippen molar-refractivity contribution in [1.82, 2.24) is 19.9 Å². The highest BCUT2D eigenvalue weighted by Gasteiger charge is 2.28. The quantitative estimate of drug-likeness (QED) is 0.754. The van der Waals surface area contributed by atoms with Gasteiger partial charge < -0.3 is 4.98 Å². The van der Waals surface area contributed by atoms with Gasteiger partial charge in [-0.05, 0) is 19.9 Å². The van der Waals surface area contributed by atoms with Crippen molar-refractivity contribution in [3.8, 4) is 0 Å². The average molecular weight is 320 g/mol. The highest BCUT2D eigenvalue weighted by Crippen LogP contribution is 2.23. The summed E-state index contributed by atoms with van der Waals surface area (Å²) in [7, 11) is 0. The summed E-state index contributed by atoms with van der Waals surface area (Å²) in [6.45, 7) is 5.48. The van der Waals surface area contributed by atoms with Crippen LogP contribution in [0.4, 0.5) is 0 Å². The van der Waals surface area contributed by atoms with Crippen molar-refractivity contribution < 1.29 is 4.79 Å². The zero-order valence-electron chi connectivity index (χ0n) is 13.9. The smallest absolute Gasteiger partial charge is 0.181 e. The van der Waals surface area contributed by atoms with Crippen LogP contribution in [0.3, 0.4) is 0 Å². The summed E-state index contributed by atoms with van der Waals surface area (Å²) in [6, 6.07) is 7.76. The fraction of sp³-hybridized carbons (Fsp3) is 0.316. The first-order valence-electron chi connectivity index (χ1n) is 8.29. The van der Waals surface area contributed by atoms with Crippen LogP contribution in [-0.4, -0.2) is 38.2 Å². The Hall–Kier alpha value is -2.53. The number of carbonyl (C=O) groups excluding carboxylic acids is 1. The topological polar surface area (TPSA) is 61.9 Å². The number of aryl methyl sites for hydroxylation is 1. The van der Waals surface area contributed by atoms with Gasteiger partial charge in [-0.3, -0.25) is 9.69 Å². The van der Waals surface area contributed by atoms with Crippen molar-refractivity contribution in [3.63, 3.8) is 0 Å². The summed E-state index contributed by atoms with van der Waals surface area (Å²) in [5.41, 5.74) is 4.01. The molecule has 0 saturated heterocycles. The predicted molar refractivity (Wildman–Crippen MR) is 93.0 cm³/mol. The van der Waals surface area contributed by atoms with Crippen LogP contribution in [0.15, 0.2) is 36.7 Å². The van der Waals surface area contributed by atoms with E-state index in [0.717, 1.165) is 53.1 Å². The second kappa shape index (κ2) is 5.83. The largest absolute Gasteiger partial charge is 0.360 e. The first-order valence-corrected chi connectivity index (χ1v) is 8.29. The molecule has 0 fully saturated rings. The molecule has 1 aromatic carbocycles. The molecule has 1 N–H and O–H groups in total. The lowest BCUT2D eigenvalue weighted by Crippen LogP contribution is -2.42. The third-order valence-corrected chi connectivity index (χ3v) is 4.87. The van der Waals surface area contributed by atoms with E-state index in [1.807, 2.05) is 50.5 Å². The number of H-pyrrole nitrogens is 1. The van der Waals surface area contributed by atoms with Crippen LogP contribution in [0.5, 0.6) is 0 Å². The Morgan fingerprint density at radius 3 is 3.04 bits per heavy atom. The molecule has 0 radical (unpaired) electrons. The Bertz CT molecular complexity index is 915. The van der Waals surface area contributed by atoms with Crippen molar-refractivity contribution in [2.45, 2.75) is 32.9 Å². The second-order valence-corrected chi connectivity index (χ2v) is 6.40. The van der Waals surface area contributed by atoms with Gasteiger partial charge >= 0.3 is 0 Å². The molecule has 24 heavy (non-hydrogen) atoms. The van der Waals surface area contributed by atoms with E-state index in [4.69, 9.17) is 0 Å². The summed E-state index contributed by atoms with van der Waals surface area (Å²) in [5.74, 6) is 0.967. The number of aromatic nitrogens is 3.